The van der Waals surface area contributed by atoms with Gasteiger partial charge in [0.1, 0.15) is 5.75 Å². The minimum absolute atomic E-state index is 0.217. The fourth-order valence-electron chi connectivity index (χ4n) is 2.39. The van der Waals surface area contributed by atoms with Crippen LogP contribution < -0.4 is 4.74 Å². The number of methoxy groups -OCH3 is 1. The van der Waals surface area contributed by atoms with Crippen molar-refractivity contribution in [3.05, 3.63) is 29.8 Å². The van der Waals surface area contributed by atoms with Crippen LogP contribution in [0.15, 0.2) is 24.3 Å². The average Bonchev–Trinajstić information content (AvgIpc) is 2.53. The van der Waals surface area contributed by atoms with Gasteiger partial charge in [-0.05, 0) is 24.2 Å². The highest BCUT2D eigenvalue weighted by atomic mass is 16.5. The second-order valence-corrected chi connectivity index (χ2v) is 4.94. The zero-order valence-corrected chi connectivity index (χ0v) is 12.1. The smallest absolute Gasteiger partial charge is 0.256 e. The molecule has 5 nitrogen and oxygen atoms in total. The first-order valence-electron chi connectivity index (χ1n) is 6.99. The molecule has 1 aliphatic rings. The minimum atomic E-state index is -1.09. The number of carbonyl (C=O) groups excluding carboxylic acids is 1. The molecule has 1 unspecified atom stereocenters. The molecule has 1 amide bonds. The predicted molar refractivity (Wildman–Crippen MR) is 76.6 cm³/mol. The second kappa shape index (κ2) is 6.72. The van der Waals surface area contributed by atoms with Crippen LogP contribution in [0.3, 0.4) is 0 Å². The van der Waals surface area contributed by atoms with Crippen molar-refractivity contribution in [2.75, 3.05) is 39.8 Å². The van der Waals surface area contributed by atoms with E-state index in [1.54, 1.807) is 36.3 Å². The molecule has 0 aliphatic carbocycles. The molecular weight excluding hydrogens is 256 g/mol. The molecule has 1 N–H and O–H groups in total. The quantitative estimate of drug-likeness (QED) is 0.889. The number of rotatable bonds is 4. The number of hydrogen-bond donors (Lipinski definition) is 1. The van der Waals surface area contributed by atoms with Crippen molar-refractivity contribution in [3.63, 3.8) is 0 Å². The molecule has 5 heteroatoms. The molecule has 1 saturated heterocycles. The van der Waals surface area contributed by atoms with E-state index < -0.39 is 6.10 Å². The first-order valence-corrected chi connectivity index (χ1v) is 6.99. The molecule has 0 spiro atoms. The zero-order chi connectivity index (χ0) is 14.5. The van der Waals surface area contributed by atoms with Gasteiger partial charge in [0.15, 0.2) is 6.10 Å². The van der Waals surface area contributed by atoms with Crippen LogP contribution in [0.4, 0.5) is 0 Å². The topological polar surface area (TPSA) is 53.0 Å². The van der Waals surface area contributed by atoms with Crippen LogP contribution in [-0.2, 0) is 4.79 Å². The number of carbonyl (C=O) groups is 1. The summed E-state index contributed by atoms with van der Waals surface area (Å²) >= 11 is 0. The maximum atomic E-state index is 12.3. The van der Waals surface area contributed by atoms with Gasteiger partial charge in [-0.25, -0.2) is 0 Å². The predicted octanol–water partition coefficient (Wildman–Crippen LogP) is 0.893. The molecule has 0 aromatic heterocycles. The molecule has 1 fully saturated rings. The van der Waals surface area contributed by atoms with Gasteiger partial charge in [-0.15, -0.1) is 0 Å². The first kappa shape index (κ1) is 14.8. The molecule has 1 aromatic carbocycles. The molecule has 1 aliphatic heterocycles. The normalized spacial score (nSPS) is 17.9. The van der Waals surface area contributed by atoms with Crippen LogP contribution in [0.5, 0.6) is 5.75 Å². The Kier molecular flexibility index (Phi) is 4.98. The summed E-state index contributed by atoms with van der Waals surface area (Å²) in [6, 6.07) is 6.95. The van der Waals surface area contributed by atoms with Crippen molar-refractivity contribution in [3.8, 4) is 5.75 Å². The van der Waals surface area contributed by atoms with E-state index in [4.69, 9.17) is 4.74 Å². The molecule has 1 aromatic rings. The maximum absolute atomic E-state index is 12.3. The summed E-state index contributed by atoms with van der Waals surface area (Å²) in [5.74, 6) is 0.496. The Labute approximate surface area is 119 Å². The SMILES string of the molecule is CCN1CCN(C(=O)C(O)c2ccc(OC)cc2)CC1. The molecule has 1 atom stereocenters. The summed E-state index contributed by atoms with van der Waals surface area (Å²) in [4.78, 5) is 16.3. The minimum Gasteiger partial charge on any atom is -0.497 e. The summed E-state index contributed by atoms with van der Waals surface area (Å²) in [6.45, 7) is 6.22. The van der Waals surface area contributed by atoms with Crippen molar-refractivity contribution >= 4 is 5.91 Å². The molecule has 0 saturated carbocycles. The van der Waals surface area contributed by atoms with Crippen LogP contribution in [0, 0.1) is 0 Å². The second-order valence-electron chi connectivity index (χ2n) is 4.94. The van der Waals surface area contributed by atoms with Crippen LogP contribution in [0.1, 0.15) is 18.6 Å². The third-order valence-corrected chi connectivity index (χ3v) is 3.80. The van der Waals surface area contributed by atoms with E-state index in [9.17, 15) is 9.90 Å². The molecule has 2 rings (SSSR count). The highest BCUT2D eigenvalue weighted by Crippen LogP contribution is 2.20. The van der Waals surface area contributed by atoms with Crippen LogP contribution >= 0.6 is 0 Å². The van der Waals surface area contributed by atoms with Crippen molar-refractivity contribution in [1.29, 1.82) is 0 Å². The molecule has 110 valence electrons. The standard InChI is InChI=1S/C15H22N2O3/c1-3-16-8-10-17(11-9-16)15(19)14(18)12-4-6-13(20-2)7-5-12/h4-7,14,18H,3,8-11H2,1-2H3. The highest BCUT2D eigenvalue weighted by molar-refractivity contribution is 5.82. The molecular formula is C15H22N2O3. The van der Waals surface area contributed by atoms with Crippen LogP contribution in [0.2, 0.25) is 0 Å². The number of aliphatic hydroxyl groups excluding tert-OH is 1. The van der Waals surface area contributed by atoms with Crippen LogP contribution in [0.25, 0.3) is 0 Å². The van der Waals surface area contributed by atoms with E-state index in [0.29, 0.717) is 24.4 Å². The Balaban J connectivity index is 1.97. The van der Waals surface area contributed by atoms with E-state index in [-0.39, 0.29) is 5.91 Å². The fraction of sp³-hybridized carbons (Fsp3) is 0.533. The van der Waals surface area contributed by atoms with Gasteiger partial charge in [0.05, 0.1) is 7.11 Å². The highest BCUT2D eigenvalue weighted by Gasteiger charge is 2.26. The molecule has 1 heterocycles. The van der Waals surface area contributed by atoms with E-state index in [0.717, 1.165) is 19.6 Å². The fourth-order valence-corrected chi connectivity index (χ4v) is 2.39. The van der Waals surface area contributed by atoms with Crippen molar-refractivity contribution in [2.24, 2.45) is 0 Å². The Morgan fingerprint density at radius 1 is 1.25 bits per heavy atom. The van der Waals surface area contributed by atoms with E-state index >= 15 is 0 Å². The van der Waals surface area contributed by atoms with Gasteiger partial charge in [-0.2, -0.15) is 0 Å². The van der Waals surface area contributed by atoms with Crippen molar-refractivity contribution in [1.82, 2.24) is 9.80 Å². The van der Waals surface area contributed by atoms with Gasteiger partial charge in [-0.1, -0.05) is 19.1 Å². The molecule has 0 bridgehead atoms. The third-order valence-electron chi connectivity index (χ3n) is 3.80. The Hall–Kier alpha value is -1.59. The molecule has 20 heavy (non-hydrogen) atoms. The number of ether oxygens (including phenoxy) is 1. The van der Waals surface area contributed by atoms with Crippen molar-refractivity contribution < 1.29 is 14.6 Å². The van der Waals surface area contributed by atoms with E-state index in [2.05, 4.69) is 11.8 Å². The van der Waals surface area contributed by atoms with Gasteiger partial charge in [0.25, 0.3) is 5.91 Å². The van der Waals surface area contributed by atoms with Crippen molar-refractivity contribution in [2.45, 2.75) is 13.0 Å². The number of benzene rings is 1. The lowest BCUT2D eigenvalue weighted by molar-refractivity contribution is -0.142. The monoisotopic (exact) mass is 278 g/mol. The van der Waals surface area contributed by atoms with E-state index in [1.807, 2.05) is 0 Å². The number of nitrogens with zero attached hydrogens (tertiary/aromatic N) is 2. The van der Waals surface area contributed by atoms with Gasteiger partial charge < -0.3 is 19.6 Å². The Morgan fingerprint density at radius 2 is 1.85 bits per heavy atom. The lowest BCUT2D eigenvalue weighted by atomic mass is 10.1. The first-order chi connectivity index (χ1) is 9.65. The lowest BCUT2D eigenvalue weighted by Gasteiger charge is -2.35. The lowest BCUT2D eigenvalue weighted by Crippen LogP contribution is -2.49. The number of piperazine rings is 1. The van der Waals surface area contributed by atoms with Gasteiger partial charge >= 0.3 is 0 Å². The van der Waals surface area contributed by atoms with Crippen LogP contribution in [-0.4, -0.2) is 60.6 Å². The summed E-state index contributed by atoms with van der Waals surface area (Å²) in [5.41, 5.74) is 0.605. The third kappa shape index (κ3) is 3.29. The zero-order valence-electron chi connectivity index (χ0n) is 12.1. The maximum Gasteiger partial charge on any atom is 0.256 e. The number of aliphatic hydroxyl groups is 1. The molecule has 0 radical (unpaired) electrons. The van der Waals surface area contributed by atoms with Gasteiger partial charge in [0.2, 0.25) is 0 Å². The largest absolute Gasteiger partial charge is 0.497 e. The average molecular weight is 278 g/mol. The van der Waals surface area contributed by atoms with Gasteiger partial charge in [0, 0.05) is 26.2 Å². The number of hydrogen-bond acceptors (Lipinski definition) is 4. The summed E-state index contributed by atoms with van der Waals surface area (Å²) < 4.78 is 5.07. The Bertz CT molecular complexity index is 439. The Morgan fingerprint density at radius 3 is 2.35 bits per heavy atom. The summed E-state index contributed by atoms with van der Waals surface area (Å²) in [6.07, 6.45) is -1.09. The van der Waals surface area contributed by atoms with Gasteiger partial charge in [-0.3, -0.25) is 4.79 Å². The number of amides is 1. The summed E-state index contributed by atoms with van der Waals surface area (Å²) in [5, 5.41) is 10.2. The van der Waals surface area contributed by atoms with E-state index in [1.165, 1.54) is 0 Å². The summed E-state index contributed by atoms with van der Waals surface area (Å²) in [7, 11) is 1.59. The number of likely N-dealkylation sites (N-methyl/N-ethyl adjacent to an activating group) is 1.